The predicted molar refractivity (Wildman–Crippen MR) is 67.3 cm³/mol. The van der Waals surface area contributed by atoms with Gasteiger partial charge in [0.05, 0.1) is 18.8 Å². The predicted octanol–water partition coefficient (Wildman–Crippen LogP) is 1.46. The highest BCUT2D eigenvalue weighted by molar-refractivity contribution is 5.20. The standard InChI is InChI=1S/C14H19NO5/c1-13(2)16-7-9-11(18-13)12-10(8(17-9)5-6-15)19-14(3,4)20-12/h5,9-12H,7H2,1-4H3/b8-5+/t9-,10-,11-,12-/m1/s1. The van der Waals surface area contributed by atoms with Gasteiger partial charge in [-0.05, 0) is 27.7 Å². The van der Waals surface area contributed by atoms with Crippen LogP contribution in [0, 0.1) is 11.3 Å². The average molecular weight is 281 g/mol. The van der Waals surface area contributed by atoms with Gasteiger partial charge in [-0.15, -0.1) is 0 Å². The molecule has 0 aliphatic carbocycles. The molecule has 4 atom stereocenters. The number of rotatable bonds is 0. The number of ether oxygens (including phenoxy) is 5. The van der Waals surface area contributed by atoms with Gasteiger partial charge in [-0.2, -0.15) is 5.26 Å². The lowest BCUT2D eigenvalue weighted by Crippen LogP contribution is -2.60. The van der Waals surface area contributed by atoms with E-state index in [9.17, 15) is 0 Å². The van der Waals surface area contributed by atoms with Crippen LogP contribution in [-0.2, 0) is 23.7 Å². The molecule has 110 valence electrons. The van der Waals surface area contributed by atoms with Crippen molar-refractivity contribution in [3.8, 4) is 6.07 Å². The lowest BCUT2D eigenvalue weighted by molar-refractivity contribution is -0.332. The van der Waals surface area contributed by atoms with E-state index < -0.39 is 17.7 Å². The van der Waals surface area contributed by atoms with Gasteiger partial charge < -0.3 is 23.7 Å². The number of nitriles is 1. The molecule has 0 radical (unpaired) electrons. The molecule has 3 saturated heterocycles. The first kappa shape index (κ1) is 13.8. The van der Waals surface area contributed by atoms with Crippen LogP contribution in [0.4, 0.5) is 0 Å². The Balaban J connectivity index is 1.91. The average Bonchev–Trinajstić information content (AvgIpc) is 2.66. The van der Waals surface area contributed by atoms with Crippen molar-refractivity contribution in [1.29, 1.82) is 5.26 Å². The van der Waals surface area contributed by atoms with Crippen LogP contribution in [0.1, 0.15) is 27.7 Å². The summed E-state index contributed by atoms with van der Waals surface area (Å²) in [4.78, 5) is 0. The molecule has 3 rings (SSSR count). The van der Waals surface area contributed by atoms with E-state index in [-0.39, 0.29) is 18.3 Å². The first-order valence-electron chi connectivity index (χ1n) is 6.75. The molecule has 3 aliphatic rings. The topological polar surface area (TPSA) is 69.9 Å². The Labute approximate surface area is 118 Å². The molecular weight excluding hydrogens is 262 g/mol. The fourth-order valence-corrected chi connectivity index (χ4v) is 2.87. The molecule has 0 aromatic carbocycles. The van der Waals surface area contributed by atoms with Crippen LogP contribution in [-0.4, -0.2) is 42.6 Å². The number of fused-ring (bicyclic) bond motifs is 3. The summed E-state index contributed by atoms with van der Waals surface area (Å²) < 4.78 is 29.2. The van der Waals surface area contributed by atoms with Gasteiger partial charge in [0.1, 0.15) is 24.1 Å². The zero-order valence-electron chi connectivity index (χ0n) is 12.1. The summed E-state index contributed by atoms with van der Waals surface area (Å²) in [6, 6.07) is 1.98. The molecule has 3 aliphatic heterocycles. The van der Waals surface area contributed by atoms with Crippen molar-refractivity contribution in [1.82, 2.24) is 0 Å². The van der Waals surface area contributed by atoms with Crippen LogP contribution >= 0.6 is 0 Å². The molecule has 0 aromatic heterocycles. The van der Waals surface area contributed by atoms with Crippen LogP contribution in [0.5, 0.6) is 0 Å². The molecule has 3 heterocycles. The fourth-order valence-electron chi connectivity index (χ4n) is 2.87. The molecule has 20 heavy (non-hydrogen) atoms. The van der Waals surface area contributed by atoms with E-state index in [1.165, 1.54) is 6.08 Å². The van der Waals surface area contributed by atoms with Gasteiger partial charge in [-0.1, -0.05) is 0 Å². The van der Waals surface area contributed by atoms with Crippen LogP contribution < -0.4 is 0 Å². The first-order valence-corrected chi connectivity index (χ1v) is 6.75. The number of nitrogens with zero attached hydrogens (tertiary/aromatic N) is 1. The van der Waals surface area contributed by atoms with Gasteiger partial charge in [0, 0.05) is 0 Å². The Morgan fingerprint density at radius 1 is 1.10 bits per heavy atom. The zero-order valence-corrected chi connectivity index (χ0v) is 12.1. The van der Waals surface area contributed by atoms with Crippen LogP contribution in [0.2, 0.25) is 0 Å². The summed E-state index contributed by atoms with van der Waals surface area (Å²) in [6.45, 7) is 7.80. The quantitative estimate of drug-likeness (QED) is 0.626. The van der Waals surface area contributed by atoms with Crippen molar-refractivity contribution in [3.63, 3.8) is 0 Å². The lowest BCUT2D eigenvalue weighted by atomic mass is 9.96. The molecule has 0 spiro atoms. The van der Waals surface area contributed by atoms with E-state index in [1.807, 2.05) is 33.8 Å². The Morgan fingerprint density at radius 3 is 2.50 bits per heavy atom. The molecule has 0 saturated carbocycles. The van der Waals surface area contributed by atoms with E-state index in [0.29, 0.717) is 12.4 Å². The third-order valence-electron chi connectivity index (χ3n) is 3.61. The SMILES string of the molecule is CC1(C)OC[C@H]2O/C(=C/C#N)[C@H]3OC(C)(C)O[C@H]3[C@@H]2O1. The van der Waals surface area contributed by atoms with Crippen molar-refractivity contribution < 1.29 is 23.7 Å². The Morgan fingerprint density at radius 2 is 1.80 bits per heavy atom. The van der Waals surface area contributed by atoms with E-state index in [4.69, 9.17) is 28.9 Å². The van der Waals surface area contributed by atoms with E-state index in [0.717, 1.165) is 0 Å². The normalized spacial score (nSPS) is 43.2. The molecule has 0 aromatic rings. The second-order valence-electron chi connectivity index (χ2n) is 6.15. The summed E-state index contributed by atoms with van der Waals surface area (Å²) in [6.07, 6.45) is 0.0762. The summed E-state index contributed by atoms with van der Waals surface area (Å²) in [5.41, 5.74) is 0. The van der Waals surface area contributed by atoms with Gasteiger partial charge in [0.15, 0.2) is 17.7 Å². The Bertz CT molecular complexity index is 478. The van der Waals surface area contributed by atoms with Gasteiger partial charge >= 0.3 is 0 Å². The molecule has 0 amide bonds. The molecule has 3 fully saturated rings. The number of hydrogen-bond acceptors (Lipinski definition) is 6. The van der Waals surface area contributed by atoms with Crippen LogP contribution in [0.25, 0.3) is 0 Å². The molecule has 6 heteroatoms. The van der Waals surface area contributed by atoms with E-state index >= 15 is 0 Å². The minimum absolute atomic E-state index is 0.277. The number of allylic oxidation sites excluding steroid dienone is 1. The highest BCUT2D eigenvalue weighted by Gasteiger charge is 2.57. The fraction of sp³-hybridized carbons (Fsp3) is 0.786. The maximum atomic E-state index is 8.88. The smallest absolute Gasteiger partial charge is 0.164 e. The Kier molecular flexibility index (Phi) is 3.07. The minimum atomic E-state index is -0.728. The van der Waals surface area contributed by atoms with Gasteiger partial charge in [0.25, 0.3) is 0 Å². The zero-order chi connectivity index (χ0) is 14.5. The third kappa shape index (κ3) is 2.31. The largest absolute Gasteiger partial charge is 0.486 e. The monoisotopic (exact) mass is 281 g/mol. The third-order valence-corrected chi connectivity index (χ3v) is 3.61. The Hall–Kier alpha value is -1.13. The minimum Gasteiger partial charge on any atom is -0.486 e. The molecule has 6 nitrogen and oxygen atoms in total. The van der Waals surface area contributed by atoms with E-state index in [1.54, 1.807) is 0 Å². The summed E-state index contributed by atoms with van der Waals surface area (Å²) in [5, 5.41) is 8.88. The van der Waals surface area contributed by atoms with Crippen LogP contribution in [0.3, 0.4) is 0 Å². The summed E-state index contributed by atoms with van der Waals surface area (Å²) in [5.74, 6) is -0.925. The maximum absolute atomic E-state index is 8.88. The first-order chi connectivity index (χ1) is 9.31. The van der Waals surface area contributed by atoms with E-state index in [2.05, 4.69) is 0 Å². The van der Waals surface area contributed by atoms with Crippen molar-refractivity contribution in [3.05, 3.63) is 11.8 Å². The molecule has 0 unspecified atom stereocenters. The summed E-state index contributed by atoms with van der Waals surface area (Å²) in [7, 11) is 0. The second kappa shape index (κ2) is 4.43. The van der Waals surface area contributed by atoms with Gasteiger partial charge in [0.2, 0.25) is 0 Å². The lowest BCUT2D eigenvalue weighted by Gasteiger charge is -2.46. The van der Waals surface area contributed by atoms with Crippen molar-refractivity contribution in [2.75, 3.05) is 6.61 Å². The molecular formula is C14H19NO5. The van der Waals surface area contributed by atoms with Crippen LogP contribution in [0.15, 0.2) is 11.8 Å². The summed E-state index contributed by atoms with van der Waals surface area (Å²) >= 11 is 0. The second-order valence-corrected chi connectivity index (χ2v) is 6.15. The maximum Gasteiger partial charge on any atom is 0.164 e. The van der Waals surface area contributed by atoms with Gasteiger partial charge in [-0.3, -0.25) is 0 Å². The van der Waals surface area contributed by atoms with Crippen molar-refractivity contribution >= 4 is 0 Å². The highest BCUT2D eigenvalue weighted by Crippen LogP contribution is 2.43. The number of hydrogen-bond donors (Lipinski definition) is 0. The molecule has 0 N–H and O–H groups in total. The van der Waals surface area contributed by atoms with Gasteiger partial charge in [-0.25, -0.2) is 0 Å². The molecule has 0 bridgehead atoms. The van der Waals surface area contributed by atoms with Crippen molar-refractivity contribution in [2.45, 2.75) is 63.7 Å². The highest BCUT2D eigenvalue weighted by atomic mass is 16.8. The van der Waals surface area contributed by atoms with Crippen molar-refractivity contribution in [2.24, 2.45) is 0 Å².